The first-order chi connectivity index (χ1) is 8.11. The van der Waals surface area contributed by atoms with Crippen molar-refractivity contribution in [3.8, 4) is 0 Å². The first-order valence-electron chi connectivity index (χ1n) is 6.84. The van der Waals surface area contributed by atoms with Gasteiger partial charge in [-0.1, -0.05) is 13.8 Å². The fourth-order valence-electron chi connectivity index (χ4n) is 2.97. The molecule has 0 heterocycles. The van der Waals surface area contributed by atoms with Crippen molar-refractivity contribution in [2.24, 2.45) is 23.5 Å². The number of aliphatic hydroxyl groups is 1. The van der Waals surface area contributed by atoms with Gasteiger partial charge in [0.2, 0.25) is 5.91 Å². The lowest BCUT2D eigenvalue weighted by Gasteiger charge is -2.38. The van der Waals surface area contributed by atoms with Gasteiger partial charge in [-0.3, -0.25) is 4.79 Å². The van der Waals surface area contributed by atoms with Gasteiger partial charge in [0.05, 0.1) is 5.60 Å². The van der Waals surface area contributed by atoms with Crippen molar-refractivity contribution in [3.05, 3.63) is 0 Å². The number of hydrogen-bond donors (Lipinski definition) is 2. The molecule has 4 nitrogen and oxygen atoms in total. The molecule has 0 aromatic heterocycles. The molecule has 18 heavy (non-hydrogen) atoms. The number of hydrogen-bond acceptors (Lipinski definition) is 3. The van der Waals surface area contributed by atoms with Gasteiger partial charge in [-0.15, -0.1) is 0 Å². The first-order valence-corrected chi connectivity index (χ1v) is 6.84. The van der Waals surface area contributed by atoms with Gasteiger partial charge in [-0.2, -0.15) is 0 Å². The molecule has 0 bridgehead atoms. The van der Waals surface area contributed by atoms with E-state index < -0.39 is 5.60 Å². The summed E-state index contributed by atoms with van der Waals surface area (Å²) < 4.78 is 0. The van der Waals surface area contributed by atoms with Crippen molar-refractivity contribution in [3.63, 3.8) is 0 Å². The highest BCUT2D eigenvalue weighted by molar-refractivity contribution is 5.79. The maximum atomic E-state index is 12.4. The maximum absolute atomic E-state index is 12.4. The zero-order valence-electron chi connectivity index (χ0n) is 12.3. The Hall–Kier alpha value is -0.610. The highest BCUT2D eigenvalue weighted by Crippen LogP contribution is 2.34. The molecule has 1 aliphatic rings. The zero-order chi connectivity index (χ0) is 14.1. The lowest BCUT2D eigenvalue weighted by Crippen LogP contribution is -2.48. The molecule has 4 atom stereocenters. The molecular weight excluding hydrogens is 228 g/mol. The maximum Gasteiger partial charge on any atom is 0.225 e. The number of amides is 1. The van der Waals surface area contributed by atoms with E-state index in [1.54, 1.807) is 25.8 Å². The van der Waals surface area contributed by atoms with Crippen LogP contribution in [0.5, 0.6) is 0 Å². The lowest BCUT2D eigenvalue weighted by atomic mass is 9.72. The molecule has 1 aliphatic carbocycles. The number of nitrogens with zero attached hydrogens (tertiary/aromatic N) is 1. The molecule has 0 aliphatic heterocycles. The summed E-state index contributed by atoms with van der Waals surface area (Å²) in [7, 11) is 1.76. The van der Waals surface area contributed by atoms with E-state index in [9.17, 15) is 9.90 Å². The van der Waals surface area contributed by atoms with E-state index in [4.69, 9.17) is 5.73 Å². The van der Waals surface area contributed by atoms with Gasteiger partial charge in [-0.05, 0) is 38.5 Å². The van der Waals surface area contributed by atoms with E-state index in [2.05, 4.69) is 13.8 Å². The highest BCUT2D eigenvalue weighted by Gasteiger charge is 2.36. The molecule has 1 rings (SSSR count). The van der Waals surface area contributed by atoms with E-state index in [-0.39, 0.29) is 17.9 Å². The second kappa shape index (κ2) is 5.57. The Morgan fingerprint density at radius 2 is 1.89 bits per heavy atom. The second-order valence-corrected chi connectivity index (χ2v) is 6.70. The number of nitrogens with two attached hydrogens (primary N) is 1. The van der Waals surface area contributed by atoms with Crippen molar-refractivity contribution in [1.82, 2.24) is 4.90 Å². The van der Waals surface area contributed by atoms with Crippen LogP contribution >= 0.6 is 0 Å². The summed E-state index contributed by atoms with van der Waals surface area (Å²) in [5, 5.41) is 9.78. The molecule has 106 valence electrons. The van der Waals surface area contributed by atoms with Crippen LogP contribution in [0.2, 0.25) is 0 Å². The fourth-order valence-corrected chi connectivity index (χ4v) is 2.97. The quantitative estimate of drug-likeness (QED) is 0.798. The largest absolute Gasteiger partial charge is 0.389 e. The minimum Gasteiger partial charge on any atom is -0.389 e. The SMILES string of the molecule is CC1CC(C)C(C(=O)N(C)CC(C)(C)O)CC1N. The van der Waals surface area contributed by atoms with Crippen molar-refractivity contribution < 1.29 is 9.90 Å². The van der Waals surface area contributed by atoms with Crippen molar-refractivity contribution in [2.45, 2.75) is 52.2 Å². The predicted molar refractivity (Wildman–Crippen MR) is 73.0 cm³/mol. The van der Waals surface area contributed by atoms with E-state index in [0.717, 1.165) is 12.8 Å². The Balaban J connectivity index is 2.66. The summed E-state index contributed by atoms with van der Waals surface area (Å²) in [6.45, 7) is 8.08. The van der Waals surface area contributed by atoms with Crippen molar-refractivity contribution >= 4 is 5.91 Å². The summed E-state index contributed by atoms with van der Waals surface area (Å²) >= 11 is 0. The third kappa shape index (κ3) is 3.95. The van der Waals surface area contributed by atoms with Gasteiger partial charge in [0, 0.05) is 25.6 Å². The summed E-state index contributed by atoms with van der Waals surface area (Å²) in [6, 6.07) is 0.116. The Labute approximate surface area is 111 Å². The third-order valence-corrected chi connectivity index (χ3v) is 4.00. The normalized spacial score (nSPS) is 33.3. The van der Waals surface area contributed by atoms with Crippen LogP contribution < -0.4 is 5.73 Å². The number of carbonyl (C=O) groups excluding carboxylic acids is 1. The molecule has 0 saturated heterocycles. The molecule has 1 saturated carbocycles. The Kier molecular flexibility index (Phi) is 4.78. The van der Waals surface area contributed by atoms with Gasteiger partial charge < -0.3 is 15.7 Å². The monoisotopic (exact) mass is 256 g/mol. The van der Waals surface area contributed by atoms with Crippen molar-refractivity contribution in [2.75, 3.05) is 13.6 Å². The summed E-state index contributed by atoms with van der Waals surface area (Å²) in [5.74, 6) is 0.982. The summed E-state index contributed by atoms with van der Waals surface area (Å²) in [5.41, 5.74) is 5.23. The average molecular weight is 256 g/mol. The predicted octanol–water partition coefficient (Wildman–Crippen LogP) is 1.23. The molecule has 3 N–H and O–H groups in total. The highest BCUT2D eigenvalue weighted by atomic mass is 16.3. The number of likely N-dealkylation sites (N-methyl/N-ethyl adjacent to an activating group) is 1. The van der Waals surface area contributed by atoms with Gasteiger partial charge >= 0.3 is 0 Å². The van der Waals surface area contributed by atoms with Crippen LogP contribution in [0, 0.1) is 17.8 Å². The third-order valence-electron chi connectivity index (χ3n) is 4.00. The van der Waals surface area contributed by atoms with Gasteiger partial charge in [-0.25, -0.2) is 0 Å². The van der Waals surface area contributed by atoms with Crippen LogP contribution in [0.15, 0.2) is 0 Å². The molecule has 0 spiro atoms. The zero-order valence-corrected chi connectivity index (χ0v) is 12.3. The molecule has 1 fully saturated rings. The van der Waals surface area contributed by atoms with Gasteiger partial charge in [0.1, 0.15) is 0 Å². The summed E-state index contributed by atoms with van der Waals surface area (Å²) in [6.07, 6.45) is 1.77. The molecule has 1 amide bonds. The number of carbonyl (C=O) groups is 1. The van der Waals surface area contributed by atoms with Crippen LogP contribution in [-0.4, -0.2) is 41.1 Å². The first kappa shape index (κ1) is 15.4. The van der Waals surface area contributed by atoms with Crippen LogP contribution in [0.25, 0.3) is 0 Å². The molecule has 0 aromatic rings. The van der Waals surface area contributed by atoms with Gasteiger partial charge in [0.25, 0.3) is 0 Å². The minimum atomic E-state index is -0.849. The van der Waals surface area contributed by atoms with E-state index in [0.29, 0.717) is 18.4 Å². The molecule has 0 aromatic carbocycles. The average Bonchev–Trinajstić information content (AvgIpc) is 2.20. The van der Waals surface area contributed by atoms with E-state index in [1.165, 1.54) is 0 Å². The summed E-state index contributed by atoms with van der Waals surface area (Å²) in [4.78, 5) is 14.0. The van der Waals surface area contributed by atoms with Crippen LogP contribution in [0.3, 0.4) is 0 Å². The second-order valence-electron chi connectivity index (χ2n) is 6.70. The fraction of sp³-hybridized carbons (Fsp3) is 0.929. The van der Waals surface area contributed by atoms with E-state index in [1.807, 2.05) is 0 Å². The standard InChI is InChI=1S/C14H28N2O2/c1-9-6-10(2)12(15)7-11(9)13(17)16(5)8-14(3,4)18/h9-12,18H,6-8,15H2,1-5H3. The lowest BCUT2D eigenvalue weighted by molar-refractivity contribution is -0.140. The van der Waals surface area contributed by atoms with Crippen LogP contribution in [-0.2, 0) is 4.79 Å². The van der Waals surface area contributed by atoms with E-state index >= 15 is 0 Å². The molecule has 4 unspecified atom stereocenters. The molecule has 4 heteroatoms. The Bertz CT molecular complexity index is 299. The van der Waals surface area contributed by atoms with Crippen LogP contribution in [0.1, 0.15) is 40.5 Å². The Morgan fingerprint density at radius 3 is 2.39 bits per heavy atom. The number of rotatable bonds is 3. The Morgan fingerprint density at radius 1 is 1.33 bits per heavy atom. The van der Waals surface area contributed by atoms with Crippen LogP contribution in [0.4, 0.5) is 0 Å². The molecule has 0 radical (unpaired) electrons. The van der Waals surface area contributed by atoms with Crippen molar-refractivity contribution in [1.29, 1.82) is 0 Å². The topological polar surface area (TPSA) is 66.6 Å². The minimum absolute atomic E-state index is 0.00329. The van der Waals surface area contributed by atoms with Gasteiger partial charge in [0.15, 0.2) is 0 Å². The smallest absolute Gasteiger partial charge is 0.225 e. The molecular formula is C14H28N2O2.